The SMILES string of the molecule is CC(=O)N1CCN(C(=O)c2cc(-c3cccn3C)nn2-c2cccc([N+](=O)[O-])c2)CC1. The third-order valence-electron chi connectivity index (χ3n) is 5.43. The van der Waals surface area contributed by atoms with Crippen LogP contribution >= 0.6 is 0 Å². The van der Waals surface area contributed by atoms with Crippen LogP contribution in [0.3, 0.4) is 0 Å². The summed E-state index contributed by atoms with van der Waals surface area (Å²) in [4.78, 5) is 39.1. The Morgan fingerprint density at radius 1 is 1.03 bits per heavy atom. The summed E-state index contributed by atoms with van der Waals surface area (Å²) in [6.07, 6.45) is 1.88. The number of hydrogen-bond acceptors (Lipinski definition) is 5. The summed E-state index contributed by atoms with van der Waals surface area (Å²) in [5, 5.41) is 15.8. The number of nitro groups is 1. The minimum absolute atomic E-state index is 0.0141. The number of carbonyl (C=O) groups is 2. The Balaban J connectivity index is 1.74. The Bertz CT molecular complexity index is 1160. The fourth-order valence-electron chi connectivity index (χ4n) is 3.71. The minimum Gasteiger partial charge on any atom is -0.349 e. The van der Waals surface area contributed by atoms with E-state index in [2.05, 4.69) is 5.10 Å². The summed E-state index contributed by atoms with van der Waals surface area (Å²) in [7, 11) is 1.88. The Kier molecular flexibility index (Phi) is 5.28. The number of non-ortho nitro benzene ring substituents is 1. The third kappa shape index (κ3) is 3.91. The van der Waals surface area contributed by atoms with Crippen LogP contribution in [-0.2, 0) is 11.8 Å². The van der Waals surface area contributed by atoms with Gasteiger partial charge in [0.25, 0.3) is 11.6 Å². The summed E-state index contributed by atoms with van der Waals surface area (Å²) in [5.41, 5.74) is 2.07. The summed E-state index contributed by atoms with van der Waals surface area (Å²) in [6, 6.07) is 11.5. The second-order valence-corrected chi connectivity index (χ2v) is 7.41. The van der Waals surface area contributed by atoms with Gasteiger partial charge in [0.05, 0.1) is 16.3 Å². The van der Waals surface area contributed by atoms with Gasteiger partial charge in [0.1, 0.15) is 11.4 Å². The fourth-order valence-corrected chi connectivity index (χ4v) is 3.71. The molecule has 0 aliphatic carbocycles. The minimum atomic E-state index is -0.479. The highest BCUT2D eigenvalue weighted by atomic mass is 16.6. The average Bonchev–Trinajstić information content (AvgIpc) is 3.39. The molecule has 31 heavy (non-hydrogen) atoms. The largest absolute Gasteiger partial charge is 0.349 e. The molecule has 1 fully saturated rings. The molecule has 1 aromatic carbocycles. The Morgan fingerprint density at radius 2 is 1.74 bits per heavy atom. The standard InChI is InChI=1S/C21H22N6O4/c1-15(28)24-9-11-25(12-10-24)21(29)20-14-18(19-7-4-8-23(19)2)22-26(20)16-5-3-6-17(13-16)27(30)31/h3-8,13-14H,9-12H2,1-2H3. The fraction of sp³-hybridized carbons (Fsp3) is 0.286. The molecule has 160 valence electrons. The number of aromatic nitrogens is 3. The number of rotatable bonds is 4. The van der Waals surface area contributed by atoms with Crippen molar-refractivity contribution in [3.05, 3.63) is 64.5 Å². The molecule has 0 saturated carbocycles. The van der Waals surface area contributed by atoms with Gasteiger partial charge in [-0.05, 0) is 24.3 Å². The van der Waals surface area contributed by atoms with Crippen LogP contribution in [-0.4, -0.2) is 67.1 Å². The first-order chi connectivity index (χ1) is 14.8. The van der Waals surface area contributed by atoms with Crippen LogP contribution in [0.5, 0.6) is 0 Å². The molecule has 4 rings (SSSR count). The number of nitrogens with zero attached hydrogens (tertiary/aromatic N) is 6. The van der Waals surface area contributed by atoms with Gasteiger partial charge < -0.3 is 14.4 Å². The molecule has 3 aromatic rings. The van der Waals surface area contributed by atoms with E-state index in [1.807, 2.05) is 29.9 Å². The van der Waals surface area contributed by atoms with Crippen molar-refractivity contribution < 1.29 is 14.5 Å². The number of hydrogen-bond donors (Lipinski definition) is 0. The number of nitro benzene ring substituents is 1. The van der Waals surface area contributed by atoms with Gasteiger partial charge in [0.15, 0.2) is 0 Å². The zero-order chi connectivity index (χ0) is 22.1. The first-order valence-electron chi connectivity index (χ1n) is 9.86. The van der Waals surface area contributed by atoms with Gasteiger partial charge in [-0.15, -0.1) is 0 Å². The molecular formula is C21H22N6O4. The predicted octanol–water partition coefficient (Wildman–Crippen LogP) is 2.09. The lowest BCUT2D eigenvalue weighted by Gasteiger charge is -2.34. The van der Waals surface area contributed by atoms with Gasteiger partial charge in [0, 0.05) is 58.5 Å². The topological polar surface area (TPSA) is 107 Å². The highest BCUT2D eigenvalue weighted by molar-refractivity contribution is 5.94. The van der Waals surface area contributed by atoms with Gasteiger partial charge in [-0.25, -0.2) is 4.68 Å². The highest BCUT2D eigenvalue weighted by Crippen LogP contribution is 2.25. The van der Waals surface area contributed by atoms with Crippen LogP contribution in [0.2, 0.25) is 0 Å². The van der Waals surface area contributed by atoms with E-state index in [9.17, 15) is 19.7 Å². The third-order valence-corrected chi connectivity index (χ3v) is 5.43. The van der Waals surface area contributed by atoms with Crippen molar-refractivity contribution in [2.45, 2.75) is 6.92 Å². The van der Waals surface area contributed by atoms with Crippen molar-refractivity contribution >= 4 is 17.5 Å². The maximum atomic E-state index is 13.4. The molecule has 10 heteroatoms. The van der Waals surface area contributed by atoms with Gasteiger partial charge in [-0.2, -0.15) is 5.10 Å². The molecule has 0 radical (unpaired) electrons. The van der Waals surface area contributed by atoms with E-state index in [1.54, 1.807) is 28.0 Å². The van der Waals surface area contributed by atoms with Crippen molar-refractivity contribution in [2.24, 2.45) is 7.05 Å². The molecule has 1 aliphatic rings. The van der Waals surface area contributed by atoms with E-state index >= 15 is 0 Å². The lowest BCUT2D eigenvalue weighted by Crippen LogP contribution is -2.50. The van der Waals surface area contributed by atoms with Gasteiger partial charge in [-0.3, -0.25) is 19.7 Å². The number of amides is 2. The van der Waals surface area contributed by atoms with Crippen molar-refractivity contribution in [1.29, 1.82) is 0 Å². The molecule has 0 bridgehead atoms. The maximum Gasteiger partial charge on any atom is 0.272 e. The number of benzene rings is 1. The van der Waals surface area contributed by atoms with Crippen LogP contribution in [0.4, 0.5) is 5.69 Å². The van der Waals surface area contributed by atoms with Crippen LogP contribution in [0.15, 0.2) is 48.7 Å². The van der Waals surface area contributed by atoms with Crippen LogP contribution < -0.4 is 0 Å². The van der Waals surface area contributed by atoms with E-state index in [1.165, 1.54) is 23.7 Å². The lowest BCUT2D eigenvalue weighted by atomic mass is 10.2. The average molecular weight is 422 g/mol. The van der Waals surface area contributed by atoms with Gasteiger partial charge >= 0.3 is 0 Å². The van der Waals surface area contributed by atoms with Crippen molar-refractivity contribution in [1.82, 2.24) is 24.1 Å². The number of piperazine rings is 1. The van der Waals surface area contributed by atoms with E-state index in [4.69, 9.17) is 0 Å². The molecule has 0 N–H and O–H groups in total. The zero-order valence-corrected chi connectivity index (χ0v) is 17.3. The number of carbonyl (C=O) groups excluding carboxylic acids is 2. The molecule has 0 spiro atoms. The zero-order valence-electron chi connectivity index (χ0n) is 17.3. The van der Waals surface area contributed by atoms with Crippen LogP contribution in [0.1, 0.15) is 17.4 Å². The maximum absolute atomic E-state index is 13.4. The summed E-state index contributed by atoms with van der Waals surface area (Å²) >= 11 is 0. The Morgan fingerprint density at radius 3 is 2.35 bits per heavy atom. The lowest BCUT2D eigenvalue weighted by molar-refractivity contribution is -0.384. The van der Waals surface area contributed by atoms with Crippen molar-refractivity contribution in [2.75, 3.05) is 26.2 Å². The first kappa shape index (κ1) is 20.3. The Hall–Kier alpha value is -3.95. The van der Waals surface area contributed by atoms with Crippen molar-refractivity contribution in [3.63, 3.8) is 0 Å². The normalized spacial score (nSPS) is 14.0. The molecule has 0 atom stereocenters. The monoisotopic (exact) mass is 422 g/mol. The molecule has 2 aromatic heterocycles. The van der Waals surface area contributed by atoms with Gasteiger partial charge in [0.2, 0.25) is 5.91 Å². The molecule has 10 nitrogen and oxygen atoms in total. The van der Waals surface area contributed by atoms with Crippen LogP contribution in [0, 0.1) is 10.1 Å². The number of aryl methyl sites for hydroxylation is 1. The molecule has 3 heterocycles. The smallest absolute Gasteiger partial charge is 0.272 e. The molecule has 1 saturated heterocycles. The van der Waals surface area contributed by atoms with Crippen molar-refractivity contribution in [3.8, 4) is 17.1 Å². The van der Waals surface area contributed by atoms with Gasteiger partial charge in [-0.1, -0.05) is 6.07 Å². The Labute approximate surface area is 178 Å². The van der Waals surface area contributed by atoms with Crippen LogP contribution in [0.25, 0.3) is 17.1 Å². The summed E-state index contributed by atoms with van der Waals surface area (Å²) in [5.74, 6) is -0.248. The quantitative estimate of drug-likeness (QED) is 0.473. The molecule has 1 aliphatic heterocycles. The second-order valence-electron chi connectivity index (χ2n) is 7.41. The second kappa shape index (κ2) is 8.05. The van der Waals surface area contributed by atoms with E-state index in [-0.39, 0.29) is 17.5 Å². The predicted molar refractivity (Wildman–Crippen MR) is 113 cm³/mol. The molecule has 2 amide bonds. The van der Waals surface area contributed by atoms with E-state index < -0.39 is 4.92 Å². The summed E-state index contributed by atoms with van der Waals surface area (Å²) in [6.45, 7) is 3.28. The first-order valence-corrected chi connectivity index (χ1v) is 9.86. The van der Waals surface area contributed by atoms with E-state index in [0.717, 1.165) is 5.69 Å². The van der Waals surface area contributed by atoms with E-state index in [0.29, 0.717) is 43.3 Å². The summed E-state index contributed by atoms with van der Waals surface area (Å²) < 4.78 is 3.34. The molecular weight excluding hydrogens is 400 g/mol. The highest BCUT2D eigenvalue weighted by Gasteiger charge is 2.27. The molecule has 0 unspecified atom stereocenters.